The maximum Gasteiger partial charge on any atom is 0.307 e. The van der Waals surface area contributed by atoms with E-state index in [4.69, 9.17) is 5.11 Å². The normalized spacial score (nSPS) is 20.2. The summed E-state index contributed by atoms with van der Waals surface area (Å²) in [6, 6.07) is 0. The van der Waals surface area contributed by atoms with Crippen LogP contribution in [0.15, 0.2) is 5.38 Å². The number of carboxylic acid groups (broad SMARTS) is 1. The van der Waals surface area contributed by atoms with Crippen LogP contribution in [0.5, 0.6) is 0 Å². The smallest absolute Gasteiger partial charge is 0.307 e. The highest BCUT2D eigenvalue weighted by Gasteiger charge is 2.26. The Hall–Kier alpha value is -1.47. The lowest BCUT2D eigenvalue weighted by atomic mass is 9.98. The van der Waals surface area contributed by atoms with E-state index in [1.54, 1.807) is 0 Å². The molecule has 2 heterocycles. The molecule has 0 aromatic carbocycles. The van der Waals surface area contributed by atoms with E-state index in [1.165, 1.54) is 11.3 Å². The van der Waals surface area contributed by atoms with Crippen molar-refractivity contribution in [3.63, 3.8) is 0 Å². The van der Waals surface area contributed by atoms with E-state index < -0.39 is 5.97 Å². The van der Waals surface area contributed by atoms with Crippen molar-refractivity contribution in [1.29, 1.82) is 0 Å². The maximum absolute atomic E-state index is 11.8. The van der Waals surface area contributed by atoms with Crippen LogP contribution in [0, 0.1) is 12.8 Å². The number of aliphatic carboxylic acids is 1. The number of nitrogens with zero attached hydrogens (tertiary/aromatic N) is 2. The number of anilines is 1. The highest BCUT2D eigenvalue weighted by molar-refractivity contribution is 7.13. The van der Waals surface area contributed by atoms with Crippen molar-refractivity contribution in [3.8, 4) is 0 Å². The molecule has 1 saturated heterocycles. The predicted octanol–water partition coefficient (Wildman–Crippen LogP) is 1.19. The van der Waals surface area contributed by atoms with Crippen LogP contribution in [-0.4, -0.2) is 46.5 Å². The summed E-state index contributed by atoms with van der Waals surface area (Å²) < 4.78 is 0. The lowest BCUT2D eigenvalue weighted by molar-refractivity contribution is -0.144. The summed E-state index contributed by atoms with van der Waals surface area (Å²) in [5.74, 6) is -1.27. The van der Waals surface area contributed by atoms with Crippen LogP contribution in [0.4, 0.5) is 5.13 Å². The Kier molecular flexibility index (Phi) is 4.49. The topological polar surface area (TPSA) is 82.5 Å². The minimum Gasteiger partial charge on any atom is -0.481 e. The molecular formula is C12H17N3O3S. The Morgan fingerprint density at radius 2 is 2.42 bits per heavy atom. The van der Waals surface area contributed by atoms with Gasteiger partial charge in [-0.25, -0.2) is 4.98 Å². The summed E-state index contributed by atoms with van der Waals surface area (Å²) in [4.78, 5) is 28.8. The van der Waals surface area contributed by atoms with Crippen molar-refractivity contribution in [1.82, 2.24) is 9.88 Å². The van der Waals surface area contributed by atoms with E-state index in [-0.39, 0.29) is 18.4 Å². The Morgan fingerprint density at radius 1 is 1.63 bits per heavy atom. The molecule has 2 N–H and O–H groups in total. The maximum atomic E-state index is 11.8. The average Bonchev–Trinajstić information content (AvgIpc) is 2.74. The standard InChI is InChI=1S/C12H17N3O3S/c1-8-7-19-12(13-8)14-10(16)6-15-4-2-3-9(5-15)11(17)18/h7,9H,2-6H2,1H3,(H,17,18)(H,13,14,16). The van der Waals surface area contributed by atoms with Gasteiger partial charge in [0.15, 0.2) is 5.13 Å². The van der Waals surface area contributed by atoms with Gasteiger partial charge in [0, 0.05) is 11.9 Å². The van der Waals surface area contributed by atoms with Crippen LogP contribution >= 0.6 is 11.3 Å². The molecule has 0 bridgehead atoms. The van der Waals surface area contributed by atoms with E-state index in [0.29, 0.717) is 18.1 Å². The van der Waals surface area contributed by atoms with Crippen LogP contribution in [0.1, 0.15) is 18.5 Å². The molecule has 0 radical (unpaired) electrons. The van der Waals surface area contributed by atoms with Gasteiger partial charge in [-0.1, -0.05) is 0 Å². The Balaban J connectivity index is 1.83. The number of likely N-dealkylation sites (tertiary alicyclic amines) is 1. The van der Waals surface area contributed by atoms with Crippen molar-refractivity contribution < 1.29 is 14.7 Å². The second kappa shape index (κ2) is 6.12. The van der Waals surface area contributed by atoms with Crippen LogP contribution in [0.25, 0.3) is 0 Å². The predicted molar refractivity (Wildman–Crippen MR) is 72.3 cm³/mol. The molecule has 1 amide bonds. The number of aromatic nitrogens is 1. The quantitative estimate of drug-likeness (QED) is 0.867. The first-order chi connectivity index (χ1) is 9.04. The van der Waals surface area contributed by atoms with Gasteiger partial charge >= 0.3 is 5.97 Å². The van der Waals surface area contributed by atoms with Gasteiger partial charge in [0.25, 0.3) is 0 Å². The molecule has 104 valence electrons. The molecule has 6 nitrogen and oxygen atoms in total. The van der Waals surface area contributed by atoms with E-state index in [9.17, 15) is 9.59 Å². The highest BCUT2D eigenvalue weighted by Crippen LogP contribution is 2.17. The molecule has 0 saturated carbocycles. The zero-order valence-corrected chi connectivity index (χ0v) is 11.6. The zero-order chi connectivity index (χ0) is 13.8. The van der Waals surface area contributed by atoms with E-state index in [2.05, 4.69) is 10.3 Å². The number of hydrogen-bond donors (Lipinski definition) is 2. The third kappa shape index (κ3) is 4.00. The molecule has 1 aliphatic heterocycles. The summed E-state index contributed by atoms with van der Waals surface area (Å²) >= 11 is 1.39. The summed E-state index contributed by atoms with van der Waals surface area (Å²) in [5.41, 5.74) is 0.879. The van der Waals surface area contributed by atoms with Crippen LogP contribution in [-0.2, 0) is 9.59 Å². The number of piperidine rings is 1. The van der Waals surface area contributed by atoms with Gasteiger partial charge in [-0.2, -0.15) is 0 Å². The number of carbonyl (C=O) groups excluding carboxylic acids is 1. The third-order valence-electron chi connectivity index (χ3n) is 3.09. The lowest BCUT2D eigenvalue weighted by Gasteiger charge is -2.29. The summed E-state index contributed by atoms with van der Waals surface area (Å²) in [5, 5.41) is 14.2. The van der Waals surface area contributed by atoms with Gasteiger partial charge in [0.05, 0.1) is 18.2 Å². The molecule has 19 heavy (non-hydrogen) atoms. The molecule has 1 unspecified atom stereocenters. The molecule has 1 aromatic heterocycles. The molecule has 2 rings (SSSR count). The van der Waals surface area contributed by atoms with Gasteiger partial charge < -0.3 is 10.4 Å². The Bertz CT molecular complexity index is 475. The molecular weight excluding hydrogens is 266 g/mol. The van der Waals surface area contributed by atoms with Crippen molar-refractivity contribution in [2.75, 3.05) is 25.0 Å². The highest BCUT2D eigenvalue weighted by atomic mass is 32.1. The van der Waals surface area contributed by atoms with E-state index in [0.717, 1.165) is 18.7 Å². The number of thiazole rings is 1. The van der Waals surface area contributed by atoms with Gasteiger partial charge in [0.1, 0.15) is 0 Å². The Morgan fingerprint density at radius 3 is 3.05 bits per heavy atom. The monoisotopic (exact) mass is 283 g/mol. The van der Waals surface area contributed by atoms with Crippen molar-refractivity contribution in [2.45, 2.75) is 19.8 Å². The minimum absolute atomic E-state index is 0.139. The fourth-order valence-electron chi connectivity index (χ4n) is 2.17. The summed E-state index contributed by atoms with van der Waals surface area (Å²) in [6.07, 6.45) is 1.51. The van der Waals surface area contributed by atoms with Gasteiger partial charge in [-0.3, -0.25) is 14.5 Å². The minimum atomic E-state index is -0.777. The van der Waals surface area contributed by atoms with Crippen molar-refractivity contribution in [2.24, 2.45) is 5.92 Å². The van der Waals surface area contributed by atoms with Crippen LogP contribution in [0.3, 0.4) is 0 Å². The molecule has 7 heteroatoms. The number of aryl methyl sites for hydroxylation is 1. The third-order valence-corrected chi connectivity index (χ3v) is 3.96. The first-order valence-electron chi connectivity index (χ1n) is 6.21. The fourth-order valence-corrected chi connectivity index (χ4v) is 2.88. The number of carbonyl (C=O) groups is 2. The van der Waals surface area contributed by atoms with Crippen LogP contribution < -0.4 is 5.32 Å². The lowest BCUT2D eigenvalue weighted by Crippen LogP contribution is -2.42. The molecule has 1 aromatic rings. The van der Waals surface area contributed by atoms with E-state index in [1.807, 2.05) is 17.2 Å². The van der Waals surface area contributed by atoms with Crippen molar-refractivity contribution in [3.05, 3.63) is 11.1 Å². The number of nitrogens with one attached hydrogen (secondary N) is 1. The first-order valence-corrected chi connectivity index (χ1v) is 7.09. The number of amides is 1. The summed E-state index contributed by atoms with van der Waals surface area (Å²) in [7, 11) is 0. The zero-order valence-electron chi connectivity index (χ0n) is 10.8. The molecule has 1 fully saturated rings. The summed E-state index contributed by atoms with van der Waals surface area (Å²) in [6.45, 7) is 3.31. The molecule has 0 spiro atoms. The van der Waals surface area contributed by atoms with Crippen LogP contribution in [0.2, 0.25) is 0 Å². The molecule has 1 atom stereocenters. The van der Waals surface area contributed by atoms with Gasteiger partial charge in [-0.15, -0.1) is 11.3 Å². The SMILES string of the molecule is Cc1csc(NC(=O)CN2CCCC(C(=O)O)C2)n1. The van der Waals surface area contributed by atoms with E-state index >= 15 is 0 Å². The number of carboxylic acids is 1. The number of hydrogen-bond acceptors (Lipinski definition) is 5. The Labute approximate surface area is 115 Å². The fraction of sp³-hybridized carbons (Fsp3) is 0.583. The average molecular weight is 283 g/mol. The largest absolute Gasteiger partial charge is 0.481 e. The molecule has 0 aliphatic carbocycles. The number of rotatable bonds is 4. The molecule has 1 aliphatic rings. The van der Waals surface area contributed by atoms with Gasteiger partial charge in [0.2, 0.25) is 5.91 Å². The second-order valence-electron chi connectivity index (χ2n) is 4.75. The second-order valence-corrected chi connectivity index (χ2v) is 5.61. The van der Waals surface area contributed by atoms with Crippen molar-refractivity contribution >= 4 is 28.3 Å². The first kappa shape index (κ1) is 14.0. The van der Waals surface area contributed by atoms with Gasteiger partial charge in [-0.05, 0) is 26.3 Å².